The number of alkyl carbamates (subject to hydrolysis) is 1. The SMILES string of the molecule is CCOC(=O)N1CCC(C(CN)NC(=O)OC(C)(C)C)CC1. The van der Waals surface area contributed by atoms with Gasteiger partial charge in [0.1, 0.15) is 5.60 Å². The fourth-order valence-electron chi connectivity index (χ4n) is 2.53. The molecule has 7 heteroatoms. The highest BCUT2D eigenvalue weighted by molar-refractivity contribution is 5.68. The van der Waals surface area contributed by atoms with Crippen LogP contribution in [-0.4, -0.2) is 55.0 Å². The zero-order valence-electron chi connectivity index (χ0n) is 14.1. The third-order valence-corrected chi connectivity index (χ3v) is 3.59. The predicted octanol–water partition coefficient (Wildman–Crippen LogP) is 1.71. The molecule has 2 amide bonds. The summed E-state index contributed by atoms with van der Waals surface area (Å²) in [6, 6.07) is -0.140. The van der Waals surface area contributed by atoms with E-state index >= 15 is 0 Å². The molecule has 0 aliphatic carbocycles. The molecule has 1 atom stereocenters. The third kappa shape index (κ3) is 6.09. The van der Waals surface area contributed by atoms with Crippen LogP contribution in [-0.2, 0) is 9.47 Å². The topological polar surface area (TPSA) is 93.9 Å². The van der Waals surface area contributed by atoms with Gasteiger partial charge in [-0.2, -0.15) is 0 Å². The Kier molecular flexibility index (Phi) is 6.93. The molecule has 0 bridgehead atoms. The molecule has 0 aromatic heterocycles. The molecule has 128 valence electrons. The van der Waals surface area contributed by atoms with Gasteiger partial charge in [-0.25, -0.2) is 9.59 Å². The van der Waals surface area contributed by atoms with E-state index in [0.717, 1.165) is 12.8 Å². The van der Waals surface area contributed by atoms with E-state index in [1.165, 1.54) is 0 Å². The number of carbonyl (C=O) groups excluding carboxylic acids is 2. The van der Waals surface area contributed by atoms with Crippen LogP contribution in [0.25, 0.3) is 0 Å². The highest BCUT2D eigenvalue weighted by Crippen LogP contribution is 2.21. The molecule has 1 rings (SSSR count). The van der Waals surface area contributed by atoms with Crippen molar-refractivity contribution in [3.8, 4) is 0 Å². The molecule has 1 aliphatic rings. The Hall–Kier alpha value is -1.50. The monoisotopic (exact) mass is 315 g/mol. The fourth-order valence-corrected chi connectivity index (χ4v) is 2.53. The molecule has 22 heavy (non-hydrogen) atoms. The standard InChI is InChI=1S/C15H29N3O4/c1-5-21-14(20)18-8-6-11(7-9-18)12(10-16)17-13(19)22-15(2,3)4/h11-12H,5-10,16H2,1-4H3,(H,17,19). The number of nitrogens with one attached hydrogen (secondary N) is 1. The van der Waals surface area contributed by atoms with Crippen LogP contribution in [0.1, 0.15) is 40.5 Å². The Morgan fingerprint density at radius 3 is 2.36 bits per heavy atom. The Morgan fingerprint density at radius 1 is 1.32 bits per heavy atom. The maximum Gasteiger partial charge on any atom is 0.409 e. The van der Waals surface area contributed by atoms with E-state index in [1.54, 1.807) is 11.8 Å². The zero-order chi connectivity index (χ0) is 16.8. The number of rotatable bonds is 4. The molecule has 0 spiro atoms. The van der Waals surface area contributed by atoms with Gasteiger partial charge in [0.2, 0.25) is 0 Å². The highest BCUT2D eigenvalue weighted by atomic mass is 16.6. The Morgan fingerprint density at radius 2 is 1.91 bits per heavy atom. The summed E-state index contributed by atoms with van der Waals surface area (Å²) in [5, 5.41) is 2.84. The quantitative estimate of drug-likeness (QED) is 0.823. The summed E-state index contributed by atoms with van der Waals surface area (Å²) in [5.41, 5.74) is 5.25. The second-order valence-electron chi connectivity index (χ2n) is 6.51. The summed E-state index contributed by atoms with van der Waals surface area (Å²) < 4.78 is 10.3. The lowest BCUT2D eigenvalue weighted by atomic mass is 9.89. The number of piperidine rings is 1. The van der Waals surface area contributed by atoms with E-state index < -0.39 is 11.7 Å². The molecule has 1 heterocycles. The number of nitrogens with two attached hydrogens (primary N) is 1. The minimum atomic E-state index is -0.531. The zero-order valence-corrected chi connectivity index (χ0v) is 14.1. The van der Waals surface area contributed by atoms with Crippen LogP contribution >= 0.6 is 0 Å². The summed E-state index contributed by atoms with van der Waals surface area (Å²) in [6.45, 7) is 9.23. The molecule has 7 nitrogen and oxygen atoms in total. The van der Waals surface area contributed by atoms with Crippen molar-refractivity contribution in [2.75, 3.05) is 26.2 Å². The molecule has 0 aromatic rings. The first-order chi connectivity index (χ1) is 10.3. The lowest BCUT2D eigenvalue weighted by Crippen LogP contribution is -2.50. The molecule has 0 aromatic carbocycles. The minimum absolute atomic E-state index is 0.140. The molecular weight excluding hydrogens is 286 g/mol. The molecule has 1 unspecified atom stereocenters. The molecule has 1 aliphatic heterocycles. The van der Waals surface area contributed by atoms with Crippen LogP contribution in [0.5, 0.6) is 0 Å². The normalized spacial score (nSPS) is 17.8. The summed E-state index contributed by atoms with van der Waals surface area (Å²) >= 11 is 0. The minimum Gasteiger partial charge on any atom is -0.450 e. The van der Waals surface area contributed by atoms with E-state index in [-0.39, 0.29) is 18.1 Å². The van der Waals surface area contributed by atoms with Gasteiger partial charge in [0.05, 0.1) is 6.61 Å². The molecular formula is C15H29N3O4. The first kappa shape index (κ1) is 18.5. The van der Waals surface area contributed by atoms with E-state index in [4.69, 9.17) is 15.2 Å². The number of carbonyl (C=O) groups is 2. The van der Waals surface area contributed by atoms with Crippen molar-refractivity contribution in [2.45, 2.75) is 52.2 Å². The van der Waals surface area contributed by atoms with Crippen LogP contribution in [0.4, 0.5) is 9.59 Å². The van der Waals surface area contributed by atoms with E-state index in [9.17, 15) is 9.59 Å². The predicted molar refractivity (Wildman–Crippen MR) is 83.5 cm³/mol. The number of hydrogen-bond acceptors (Lipinski definition) is 5. The number of ether oxygens (including phenoxy) is 2. The van der Waals surface area contributed by atoms with Crippen molar-refractivity contribution >= 4 is 12.2 Å². The van der Waals surface area contributed by atoms with Crippen molar-refractivity contribution in [3.05, 3.63) is 0 Å². The van der Waals surface area contributed by atoms with E-state index in [1.807, 2.05) is 20.8 Å². The van der Waals surface area contributed by atoms with Crippen LogP contribution < -0.4 is 11.1 Å². The number of hydrogen-bond donors (Lipinski definition) is 2. The van der Waals surface area contributed by atoms with Gasteiger partial charge < -0.3 is 25.4 Å². The number of amides is 2. The third-order valence-electron chi connectivity index (χ3n) is 3.59. The summed E-state index contributed by atoms with van der Waals surface area (Å²) in [5.74, 6) is 0.239. The highest BCUT2D eigenvalue weighted by Gasteiger charge is 2.30. The van der Waals surface area contributed by atoms with Gasteiger partial charge in [-0.1, -0.05) is 0 Å². The fraction of sp³-hybridized carbons (Fsp3) is 0.867. The van der Waals surface area contributed by atoms with Gasteiger partial charge in [0.15, 0.2) is 0 Å². The lowest BCUT2D eigenvalue weighted by molar-refractivity contribution is 0.0459. The Bertz CT molecular complexity index is 373. The number of likely N-dealkylation sites (tertiary alicyclic amines) is 1. The summed E-state index contributed by atoms with van der Waals surface area (Å²) in [4.78, 5) is 25.2. The molecule has 0 radical (unpaired) electrons. The number of nitrogens with zero attached hydrogens (tertiary/aromatic N) is 1. The Balaban J connectivity index is 2.46. The largest absolute Gasteiger partial charge is 0.450 e. The van der Waals surface area contributed by atoms with Crippen LogP contribution in [0, 0.1) is 5.92 Å². The molecule has 0 saturated carbocycles. The van der Waals surface area contributed by atoms with Gasteiger partial charge in [-0.15, -0.1) is 0 Å². The average molecular weight is 315 g/mol. The Labute approximate surface area is 132 Å². The second-order valence-corrected chi connectivity index (χ2v) is 6.51. The van der Waals surface area contributed by atoms with Crippen molar-refractivity contribution in [3.63, 3.8) is 0 Å². The van der Waals surface area contributed by atoms with Gasteiger partial charge >= 0.3 is 12.2 Å². The summed E-state index contributed by atoms with van der Waals surface area (Å²) in [7, 11) is 0. The van der Waals surface area contributed by atoms with Crippen molar-refractivity contribution in [1.29, 1.82) is 0 Å². The molecule has 3 N–H and O–H groups in total. The second kappa shape index (κ2) is 8.22. The van der Waals surface area contributed by atoms with Gasteiger partial charge in [-0.3, -0.25) is 0 Å². The summed E-state index contributed by atoms with van der Waals surface area (Å²) in [6.07, 6.45) is 0.855. The van der Waals surface area contributed by atoms with E-state index in [0.29, 0.717) is 26.2 Å². The van der Waals surface area contributed by atoms with Gasteiger partial charge in [0, 0.05) is 25.7 Å². The molecule has 1 fully saturated rings. The van der Waals surface area contributed by atoms with Crippen molar-refractivity contribution in [1.82, 2.24) is 10.2 Å². The maximum atomic E-state index is 11.9. The first-order valence-corrected chi connectivity index (χ1v) is 7.88. The van der Waals surface area contributed by atoms with Gasteiger partial charge in [0.25, 0.3) is 0 Å². The van der Waals surface area contributed by atoms with E-state index in [2.05, 4.69) is 5.32 Å². The maximum absolute atomic E-state index is 11.9. The first-order valence-electron chi connectivity index (χ1n) is 7.88. The van der Waals surface area contributed by atoms with Crippen LogP contribution in [0.2, 0.25) is 0 Å². The van der Waals surface area contributed by atoms with Crippen LogP contribution in [0.15, 0.2) is 0 Å². The van der Waals surface area contributed by atoms with Crippen molar-refractivity contribution < 1.29 is 19.1 Å². The van der Waals surface area contributed by atoms with Crippen LogP contribution in [0.3, 0.4) is 0 Å². The van der Waals surface area contributed by atoms with Gasteiger partial charge in [-0.05, 0) is 46.5 Å². The lowest BCUT2D eigenvalue weighted by Gasteiger charge is -2.35. The molecule has 1 saturated heterocycles. The van der Waals surface area contributed by atoms with Crippen molar-refractivity contribution in [2.24, 2.45) is 11.7 Å². The smallest absolute Gasteiger partial charge is 0.409 e. The average Bonchev–Trinajstić information content (AvgIpc) is 2.43.